The number of piperidine rings is 2. The van der Waals surface area contributed by atoms with Gasteiger partial charge in [0.15, 0.2) is 0 Å². The molecule has 0 amide bonds. The molecule has 29 heavy (non-hydrogen) atoms. The Balaban J connectivity index is 1.49. The van der Waals surface area contributed by atoms with Gasteiger partial charge >= 0.3 is 0 Å². The van der Waals surface area contributed by atoms with E-state index >= 15 is 0 Å². The van der Waals surface area contributed by atoms with E-state index in [0.717, 1.165) is 26.2 Å². The number of hydrogen-bond acceptors (Lipinski definition) is 5. The molecule has 2 rings (SSSR count). The van der Waals surface area contributed by atoms with E-state index in [9.17, 15) is 0 Å². The molecule has 0 radical (unpaired) electrons. The van der Waals surface area contributed by atoms with E-state index in [0.29, 0.717) is 12.1 Å². The Labute approximate surface area is 181 Å². The lowest BCUT2D eigenvalue weighted by molar-refractivity contribution is 0.146. The molecule has 0 spiro atoms. The second kappa shape index (κ2) is 9.95. The van der Waals surface area contributed by atoms with Gasteiger partial charge in [0.1, 0.15) is 0 Å². The van der Waals surface area contributed by atoms with Crippen LogP contribution in [0.5, 0.6) is 0 Å². The molecule has 5 heteroatoms. The molecule has 5 N–H and O–H groups in total. The zero-order valence-electron chi connectivity index (χ0n) is 20.7. The summed E-state index contributed by atoms with van der Waals surface area (Å²) in [4.78, 5) is 0. The van der Waals surface area contributed by atoms with Crippen LogP contribution in [0, 0.1) is 0 Å². The molecule has 2 fully saturated rings. The maximum atomic E-state index is 3.79. The van der Waals surface area contributed by atoms with Gasteiger partial charge in [0.2, 0.25) is 0 Å². The van der Waals surface area contributed by atoms with Gasteiger partial charge in [0, 0.05) is 34.2 Å². The van der Waals surface area contributed by atoms with Crippen LogP contribution in [0.15, 0.2) is 0 Å². The molecule has 0 aliphatic carbocycles. The van der Waals surface area contributed by atoms with E-state index in [2.05, 4.69) is 82.0 Å². The Morgan fingerprint density at radius 3 is 1.17 bits per heavy atom. The molecule has 5 nitrogen and oxygen atoms in total. The fraction of sp³-hybridized carbons (Fsp3) is 1.00. The summed E-state index contributed by atoms with van der Waals surface area (Å²) >= 11 is 0. The Kier molecular flexibility index (Phi) is 8.60. The second-order valence-electron chi connectivity index (χ2n) is 12.4. The van der Waals surface area contributed by atoms with Gasteiger partial charge in [-0.2, -0.15) is 0 Å². The first-order valence-corrected chi connectivity index (χ1v) is 12.0. The van der Waals surface area contributed by atoms with Crippen LogP contribution in [0.4, 0.5) is 0 Å². The lowest BCUT2D eigenvalue weighted by atomic mass is 9.79. The largest absolute Gasteiger partial charge is 0.317 e. The summed E-state index contributed by atoms with van der Waals surface area (Å²) in [5.41, 5.74) is 0.903. The minimum absolute atomic E-state index is 0.226. The predicted molar refractivity (Wildman–Crippen MR) is 127 cm³/mol. The highest BCUT2D eigenvalue weighted by atomic mass is 15.1. The quantitative estimate of drug-likeness (QED) is 0.359. The van der Waals surface area contributed by atoms with Crippen LogP contribution < -0.4 is 26.6 Å². The summed E-state index contributed by atoms with van der Waals surface area (Å²) in [6.07, 6.45) is 7.24. The van der Waals surface area contributed by atoms with E-state index < -0.39 is 0 Å². The van der Waals surface area contributed by atoms with Crippen LogP contribution in [0.1, 0.15) is 93.9 Å². The van der Waals surface area contributed by atoms with Gasteiger partial charge in [-0.05, 0) is 120 Å². The highest BCUT2D eigenvalue weighted by Crippen LogP contribution is 2.29. The Hall–Kier alpha value is -0.200. The van der Waals surface area contributed by atoms with Gasteiger partial charge in [-0.1, -0.05) is 0 Å². The van der Waals surface area contributed by atoms with Crippen molar-refractivity contribution in [3.05, 3.63) is 0 Å². The van der Waals surface area contributed by atoms with Crippen molar-refractivity contribution < 1.29 is 0 Å². The molecule has 2 aliphatic heterocycles. The molecule has 172 valence electrons. The smallest absolute Gasteiger partial charge is 0.0144 e. The van der Waals surface area contributed by atoms with Gasteiger partial charge in [0.25, 0.3) is 0 Å². The summed E-state index contributed by atoms with van der Waals surface area (Å²) < 4.78 is 0. The van der Waals surface area contributed by atoms with Gasteiger partial charge in [-0.3, -0.25) is 0 Å². The van der Waals surface area contributed by atoms with Crippen LogP contribution in [-0.2, 0) is 0 Å². The third-order valence-corrected chi connectivity index (χ3v) is 6.31. The first-order valence-electron chi connectivity index (χ1n) is 12.0. The fourth-order valence-electron chi connectivity index (χ4n) is 6.10. The molecular weight excluding hydrogens is 358 g/mol. The number of rotatable bonds is 10. The number of hydrogen-bond donors (Lipinski definition) is 5. The lowest BCUT2D eigenvalue weighted by Crippen LogP contribution is -2.61. The summed E-state index contributed by atoms with van der Waals surface area (Å²) in [6, 6.07) is 1.26. The van der Waals surface area contributed by atoms with Crippen molar-refractivity contribution in [3.8, 4) is 0 Å². The Morgan fingerprint density at radius 1 is 0.552 bits per heavy atom. The van der Waals surface area contributed by atoms with Crippen molar-refractivity contribution in [2.24, 2.45) is 0 Å². The average Bonchev–Trinajstić information content (AvgIpc) is 2.47. The maximum Gasteiger partial charge on any atom is 0.0144 e. The molecule has 0 aromatic carbocycles. The molecule has 0 aromatic heterocycles. The Bertz CT molecular complexity index is 421. The highest BCUT2D eigenvalue weighted by molar-refractivity contribution is 5.00. The van der Waals surface area contributed by atoms with E-state index in [1.54, 1.807) is 0 Å². The molecule has 0 aromatic rings. The minimum Gasteiger partial charge on any atom is -0.317 e. The SMILES string of the molecule is CC1(C)CC(NCCCNCCCNC2CC(C)(C)NC(C)(C)C2)CC(C)(C)N1. The van der Waals surface area contributed by atoms with Crippen molar-refractivity contribution in [3.63, 3.8) is 0 Å². The van der Waals surface area contributed by atoms with Crippen LogP contribution in [0.2, 0.25) is 0 Å². The molecular formula is C24H51N5. The zero-order chi connectivity index (χ0) is 21.8. The summed E-state index contributed by atoms with van der Waals surface area (Å²) in [6.45, 7) is 23.0. The molecule has 0 unspecified atom stereocenters. The molecule has 2 aliphatic rings. The van der Waals surface area contributed by atoms with Crippen molar-refractivity contribution in [2.75, 3.05) is 26.2 Å². The molecule has 0 bridgehead atoms. The van der Waals surface area contributed by atoms with Gasteiger partial charge in [0.05, 0.1) is 0 Å². The van der Waals surface area contributed by atoms with Gasteiger partial charge in [-0.15, -0.1) is 0 Å². The summed E-state index contributed by atoms with van der Waals surface area (Å²) in [5.74, 6) is 0. The monoisotopic (exact) mass is 409 g/mol. The van der Waals surface area contributed by atoms with Crippen LogP contribution in [-0.4, -0.2) is 60.4 Å². The van der Waals surface area contributed by atoms with Crippen LogP contribution >= 0.6 is 0 Å². The highest BCUT2D eigenvalue weighted by Gasteiger charge is 2.38. The lowest BCUT2D eigenvalue weighted by Gasteiger charge is -2.46. The van der Waals surface area contributed by atoms with Crippen molar-refractivity contribution in [1.82, 2.24) is 26.6 Å². The van der Waals surface area contributed by atoms with E-state index in [-0.39, 0.29) is 22.2 Å². The molecule has 2 saturated heterocycles. The molecule has 0 atom stereocenters. The standard InChI is InChI=1S/C24H51N5/c1-21(2)15-19(16-22(3,4)28-21)26-13-9-11-25-12-10-14-27-20-17-23(5,6)29-24(7,8)18-20/h19-20,25-29H,9-18H2,1-8H3. The van der Waals surface area contributed by atoms with Crippen LogP contribution in [0.25, 0.3) is 0 Å². The van der Waals surface area contributed by atoms with Crippen LogP contribution in [0.3, 0.4) is 0 Å². The second-order valence-corrected chi connectivity index (χ2v) is 12.4. The van der Waals surface area contributed by atoms with Gasteiger partial charge in [-0.25, -0.2) is 0 Å². The molecule has 2 heterocycles. The van der Waals surface area contributed by atoms with E-state index in [1.165, 1.54) is 38.5 Å². The average molecular weight is 410 g/mol. The third-order valence-electron chi connectivity index (χ3n) is 6.31. The maximum absolute atomic E-state index is 3.79. The van der Waals surface area contributed by atoms with Crippen molar-refractivity contribution in [2.45, 2.75) is 128 Å². The topological polar surface area (TPSA) is 60.1 Å². The first-order chi connectivity index (χ1) is 13.3. The minimum atomic E-state index is 0.226. The van der Waals surface area contributed by atoms with E-state index in [1.807, 2.05) is 0 Å². The molecule has 0 saturated carbocycles. The first kappa shape index (κ1) is 25.1. The predicted octanol–water partition coefficient (Wildman–Crippen LogP) is 3.15. The fourth-order valence-corrected chi connectivity index (χ4v) is 6.10. The van der Waals surface area contributed by atoms with Crippen molar-refractivity contribution >= 4 is 0 Å². The zero-order valence-corrected chi connectivity index (χ0v) is 20.7. The summed E-state index contributed by atoms with van der Waals surface area (Å²) in [7, 11) is 0. The Morgan fingerprint density at radius 2 is 0.862 bits per heavy atom. The normalized spacial score (nSPS) is 26.5. The third kappa shape index (κ3) is 9.65. The van der Waals surface area contributed by atoms with Gasteiger partial charge < -0.3 is 26.6 Å². The van der Waals surface area contributed by atoms with Crippen molar-refractivity contribution in [1.29, 1.82) is 0 Å². The number of nitrogens with one attached hydrogen (secondary N) is 5. The van der Waals surface area contributed by atoms with E-state index in [4.69, 9.17) is 0 Å². The summed E-state index contributed by atoms with van der Waals surface area (Å²) in [5, 5.41) is 18.7.